The number of rotatable bonds is 10. The number of aliphatic hydroxyl groups excluding tert-OH is 1. The summed E-state index contributed by atoms with van der Waals surface area (Å²) in [5.74, 6) is -2.53. The molecule has 1 aliphatic rings. The largest absolute Gasteiger partial charge is 0.508 e. The Morgan fingerprint density at radius 2 is 1.83 bits per heavy atom. The van der Waals surface area contributed by atoms with Crippen LogP contribution in [0.1, 0.15) is 70.9 Å². The molecule has 0 spiro atoms. The van der Waals surface area contributed by atoms with Gasteiger partial charge in [-0.25, -0.2) is 13.6 Å². The Kier molecular flexibility index (Phi) is 9.24. The van der Waals surface area contributed by atoms with Crippen molar-refractivity contribution in [2.24, 2.45) is 4.99 Å². The minimum absolute atomic E-state index is 0.0207. The first-order chi connectivity index (χ1) is 17.1. The van der Waals surface area contributed by atoms with E-state index < -0.39 is 17.6 Å². The van der Waals surface area contributed by atoms with Gasteiger partial charge in [-0.05, 0) is 41.5 Å². The van der Waals surface area contributed by atoms with Crippen molar-refractivity contribution in [2.45, 2.75) is 77.7 Å². The van der Waals surface area contributed by atoms with E-state index in [4.69, 9.17) is 9.73 Å². The molecule has 36 heavy (non-hydrogen) atoms. The minimum Gasteiger partial charge on any atom is -0.508 e. The summed E-state index contributed by atoms with van der Waals surface area (Å²) in [6.45, 7) is 8.37. The Morgan fingerprint density at radius 1 is 1.11 bits per heavy atom. The van der Waals surface area contributed by atoms with Crippen LogP contribution in [0.4, 0.5) is 14.5 Å². The Hall–Kier alpha value is -3.22. The van der Waals surface area contributed by atoms with Gasteiger partial charge in [-0.2, -0.15) is 0 Å². The minimum atomic E-state index is -0.827. The normalized spacial score (nSPS) is 15.3. The fourth-order valence-electron chi connectivity index (χ4n) is 4.12. The molecular formula is C29H36F2N2O3. The number of nitrogens with zero attached hydrogens (tertiary/aromatic N) is 1. The van der Waals surface area contributed by atoms with Crippen molar-refractivity contribution >= 4 is 17.5 Å². The van der Waals surface area contributed by atoms with E-state index in [1.165, 1.54) is 11.6 Å². The highest BCUT2D eigenvalue weighted by Crippen LogP contribution is 2.25. The predicted molar refractivity (Wildman–Crippen MR) is 139 cm³/mol. The van der Waals surface area contributed by atoms with Crippen molar-refractivity contribution < 1.29 is 23.4 Å². The third kappa shape index (κ3) is 7.39. The summed E-state index contributed by atoms with van der Waals surface area (Å²) in [5, 5.41) is 13.1. The number of carbonyl (C=O) groups is 1. The predicted octanol–water partition coefficient (Wildman–Crippen LogP) is 7.02. The van der Waals surface area contributed by atoms with Gasteiger partial charge in [-0.3, -0.25) is 4.99 Å². The lowest BCUT2D eigenvalue weighted by Crippen LogP contribution is -2.24. The lowest BCUT2D eigenvalue weighted by atomic mass is 9.86. The molecular weight excluding hydrogens is 462 g/mol. The van der Waals surface area contributed by atoms with Gasteiger partial charge in [-0.1, -0.05) is 77.6 Å². The van der Waals surface area contributed by atoms with Crippen LogP contribution in [0.3, 0.4) is 0 Å². The van der Waals surface area contributed by atoms with E-state index in [1.807, 2.05) is 0 Å². The summed E-state index contributed by atoms with van der Waals surface area (Å²) < 4.78 is 32.9. The molecule has 1 atom stereocenters. The number of benzene rings is 2. The van der Waals surface area contributed by atoms with Gasteiger partial charge < -0.3 is 15.2 Å². The number of unbranched alkanes of at least 4 members (excludes halogenated alkanes) is 3. The first kappa shape index (κ1) is 27.4. The number of aliphatic imine (C=N–C) groups is 1. The van der Waals surface area contributed by atoms with Crippen molar-refractivity contribution in [2.75, 3.05) is 11.9 Å². The number of halogens is 2. The van der Waals surface area contributed by atoms with Crippen molar-refractivity contribution in [3.8, 4) is 0 Å². The molecule has 1 unspecified atom stereocenters. The number of aliphatic hydroxyl groups is 1. The molecule has 0 saturated heterocycles. The monoisotopic (exact) mass is 498 g/mol. The molecule has 0 aromatic heterocycles. The van der Waals surface area contributed by atoms with Crippen molar-refractivity contribution in [3.05, 3.63) is 76.6 Å². The van der Waals surface area contributed by atoms with E-state index in [0.29, 0.717) is 6.42 Å². The molecule has 2 aromatic rings. The fourth-order valence-corrected chi connectivity index (χ4v) is 4.12. The van der Waals surface area contributed by atoms with E-state index in [2.05, 4.69) is 57.3 Å². The number of hydrogen-bond donors (Lipinski definition) is 2. The Labute approximate surface area is 212 Å². The van der Waals surface area contributed by atoms with Gasteiger partial charge >= 0.3 is 5.97 Å². The number of cyclic esters (lactones) is 1. The van der Waals surface area contributed by atoms with Gasteiger partial charge in [0.2, 0.25) is 0 Å². The number of carbonyl (C=O) groups excluding carboxylic acids is 1. The molecule has 0 fully saturated rings. The zero-order valence-corrected chi connectivity index (χ0v) is 21.5. The van der Waals surface area contributed by atoms with Crippen molar-refractivity contribution in [1.29, 1.82) is 0 Å². The fraction of sp³-hybridized carbons (Fsp3) is 0.448. The first-order valence-electron chi connectivity index (χ1n) is 12.6. The maximum atomic E-state index is 14.4. The quantitative estimate of drug-likeness (QED) is 0.160. The summed E-state index contributed by atoms with van der Waals surface area (Å²) in [6.07, 6.45) is 5.57. The standard InChI is InChI=1S/C29H36F2N2O3/c1-5-6-7-8-9-22(16-19-10-12-20(13-11-19)29(2,3)4)32-27(26-25(34)18-36-28(26)35)33-24-15-14-21(30)17-23(24)31/h10-15,17,22,34H,5-9,16,18H2,1-4H3,(H,32,33). The maximum absolute atomic E-state index is 14.4. The summed E-state index contributed by atoms with van der Waals surface area (Å²) in [6, 6.07) is 11.3. The molecule has 0 aliphatic carbocycles. The SMILES string of the molecule is CCCCCCC(Cc1ccc(C(C)(C)C)cc1)N=C(Nc1ccc(F)cc1F)C1=C(O)COC1=O. The van der Waals surface area contributed by atoms with Crippen LogP contribution >= 0.6 is 0 Å². The van der Waals surface area contributed by atoms with Gasteiger partial charge in [0.1, 0.15) is 35.4 Å². The Bertz CT molecular complexity index is 1120. The average molecular weight is 499 g/mol. The van der Waals surface area contributed by atoms with Crippen LogP contribution in [0.5, 0.6) is 0 Å². The van der Waals surface area contributed by atoms with Crippen LogP contribution in [0.25, 0.3) is 0 Å². The topological polar surface area (TPSA) is 70.9 Å². The van der Waals surface area contributed by atoms with Gasteiger partial charge in [0.25, 0.3) is 0 Å². The highest BCUT2D eigenvalue weighted by atomic mass is 19.1. The number of hydrogen-bond acceptors (Lipinski definition) is 4. The second-order valence-electron chi connectivity index (χ2n) is 10.3. The second kappa shape index (κ2) is 12.2. The van der Waals surface area contributed by atoms with Crippen LogP contribution in [-0.2, 0) is 21.4 Å². The number of anilines is 1. The van der Waals surface area contributed by atoms with Crippen LogP contribution < -0.4 is 5.32 Å². The highest BCUT2D eigenvalue weighted by molar-refractivity contribution is 6.25. The lowest BCUT2D eigenvalue weighted by molar-refractivity contribution is -0.135. The van der Waals surface area contributed by atoms with E-state index in [1.54, 1.807) is 0 Å². The molecule has 0 amide bonds. The van der Waals surface area contributed by atoms with E-state index in [9.17, 15) is 18.7 Å². The Morgan fingerprint density at radius 3 is 2.42 bits per heavy atom. The lowest BCUT2D eigenvalue weighted by Gasteiger charge is -2.20. The summed E-state index contributed by atoms with van der Waals surface area (Å²) in [5.41, 5.74) is 2.19. The molecule has 194 valence electrons. The first-order valence-corrected chi connectivity index (χ1v) is 12.6. The number of nitrogens with one attached hydrogen (secondary N) is 1. The van der Waals surface area contributed by atoms with Gasteiger partial charge in [0, 0.05) is 6.07 Å². The van der Waals surface area contributed by atoms with E-state index in [-0.39, 0.29) is 40.9 Å². The van der Waals surface area contributed by atoms with Crippen LogP contribution in [0.2, 0.25) is 0 Å². The molecule has 0 radical (unpaired) electrons. The second-order valence-corrected chi connectivity index (χ2v) is 10.3. The van der Waals surface area contributed by atoms with Gasteiger partial charge in [0.05, 0.1) is 11.7 Å². The average Bonchev–Trinajstić information content (AvgIpc) is 3.15. The number of ether oxygens (including phenoxy) is 1. The molecule has 0 bridgehead atoms. The van der Waals surface area contributed by atoms with Gasteiger partial charge in [0.15, 0.2) is 0 Å². The number of esters is 1. The maximum Gasteiger partial charge on any atom is 0.345 e. The third-order valence-corrected chi connectivity index (χ3v) is 6.25. The van der Waals surface area contributed by atoms with Crippen LogP contribution in [-0.4, -0.2) is 29.6 Å². The van der Waals surface area contributed by atoms with Crippen LogP contribution in [0.15, 0.2) is 58.8 Å². The van der Waals surface area contributed by atoms with Crippen molar-refractivity contribution in [3.63, 3.8) is 0 Å². The Balaban J connectivity index is 1.95. The molecule has 1 heterocycles. The molecule has 1 aliphatic heterocycles. The zero-order chi connectivity index (χ0) is 26.3. The number of amidine groups is 1. The molecule has 3 rings (SSSR count). The summed E-state index contributed by atoms with van der Waals surface area (Å²) >= 11 is 0. The van der Waals surface area contributed by atoms with Crippen molar-refractivity contribution in [1.82, 2.24) is 0 Å². The smallest absolute Gasteiger partial charge is 0.345 e. The highest BCUT2D eigenvalue weighted by Gasteiger charge is 2.30. The van der Waals surface area contributed by atoms with Crippen LogP contribution in [0, 0.1) is 11.6 Å². The summed E-state index contributed by atoms with van der Waals surface area (Å²) in [4.78, 5) is 17.2. The van der Waals surface area contributed by atoms with E-state index in [0.717, 1.165) is 49.8 Å². The van der Waals surface area contributed by atoms with E-state index >= 15 is 0 Å². The molecule has 2 N–H and O–H groups in total. The van der Waals surface area contributed by atoms with Gasteiger partial charge in [-0.15, -0.1) is 0 Å². The molecule has 2 aromatic carbocycles. The third-order valence-electron chi connectivity index (χ3n) is 6.25. The zero-order valence-electron chi connectivity index (χ0n) is 21.5. The molecule has 7 heteroatoms. The molecule has 0 saturated carbocycles. The summed E-state index contributed by atoms with van der Waals surface area (Å²) in [7, 11) is 0. The molecule has 5 nitrogen and oxygen atoms in total.